The number of hydrogen-bond donors (Lipinski definition) is 1. The first-order valence-corrected chi connectivity index (χ1v) is 4.78. The predicted octanol–water partition coefficient (Wildman–Crippen LogP) is 1.59. The Labute approximate surface area is 83.1 Å². The van der Waals surface area contributed by atoms with Crippen molar-refractivity contribution in [2.45, 2.75) is 18.9 Å². The molecule has 3 nitrogen and oxygen atoms in total. The molecular weight excluding hydrogens is 178 g/mol. The summed E-state index contributed by atoms with van der Waals surface area (Å²) in [6, 6.07) is 7.22. The maximum absolute atomic E-state index is 11.2. The van der Waals surface area contributed by atoms with E-state index in [4.69, 9.17) is 4.74 Å². The molecule has 0 saturated heterocycles. The first-order valence-electron chi connectivity index (χ1n) is 4.78. The van der Waals surface area contributed by atoms with Crippen molar-refractivity contribution in [1.82, 2.24) is 5.32 Å². The molecule has 1 saturated carbocycles. The van der Waals surface area contributed by atoms with Gasteiger partial charge < -0.3 is 10.1 Å². The standard InChI is InChI=1S/C11H13NO2/c1-12-11(13)8-2-4-9(5-3-8)14-10-6-7-10/h2-5,10H,6-7H2,1H3,(H,12,13). The molecule has 0 radical (unpaired) electrons. The predicted molar refractivity (Wildman–Crippen MR) is 53.5 cm³/mol. The SMILES string of the molecule is CNC(=O)c1ccc(OC2CC2)cc1. The molecule has 0 aliphatic heterocycles. The number of ether oxygens (including phenoxy) is 1. The first kappa shape index (κ1) is 9.06. The number of amides is 1. The molecule has 0 atom stereocenters. The van der Waals surface area contributed by atoms with Gasteiger partial charge in [0.15, 0.2) is 0 Å². The van der Waals surface area contributed by atoms with E-state index < -0.39 is 0 Å². The minimum atomic E-state index is -0.0667. The van der Waals surface area contributed by atoms with Crippen molar-refractivity contribution in [1.29, 1.82) is 0 Å². The van der Waals surface area contributed by atoms with E-state index in [0.717, 1.165) is 18.6 Å². The third-order valence-corrected chi connectivity index (χ3v) is 2.17. The van der Waals surface area contributed by atoms with Crippen LogP contribution in [0.3, 0.4) is 0 Å². The molecule has 2 rings (SSSR count). The number of carbonyl (C=O) groups excluding carboxylic acids is 1. The van der Waals surface area contributed by atoms with Crippen LogP contribution in [0.15, 0.2) is 24.3 Å². The van der Waals surface area contributed by atoms with Crippen molar-refractivity contribution in [3.63, 3.8) is 0 Å². The van der Waals surface area contributed by atoms with Gasteiger partial charge in [0, 0.05) is 12.6 Å². The minimum Gasteiger partial charge on any atom is -0.490 e. The molecule has 1 aliphatic carbocycles. The van der Waals surface area contributed by atoms with E-state index in [1.54, 1.807) is 19.2 Å². The van der Waals surface area contributed by atoms with Crippen LogP contribution in [0.1, 0.15) is 23.2 Å². The quantitative estimate of drug-likeness (QED) is 0.787. The Morgan fingerprint density at radius 1 is 1.36 bits per heavy atom. The number of benzene rings is 1. The molecule has 0 spiro atoms. The lowest BCUT2D eigenvalue weighted by Crippen LogP contribution is -2.17. The monoisotopic (exact) mass is 191 g/mol. The fourth-order valence-corrected chi connectivity index (χ4v) is 1.21. The molecular formula is C11H13NO2. The van der Waals surface area contributed by atoms with Gasteiger partial charge in [-0.2, -0.15) is 0 Å². The highest BCUT2D eigenvalue weighted by molar-refractivity contribution is 5.94. The summed E-state index contributed by atoms with van der Waals surface area (Å²) in [6.45, 7) is 0. The first-order chi connectivity index (χ1) is 6.79. The molecule has 3 heteroatoms. The number of rotatable bonds is 3. The average molecular weight is 191 g/mol. The van der Waals surface area contributed by atoms with Crippen LogP contribution in [0.2, 0.25) is 0 Å². The Hall–Kier alpha value is -1.51. The highest BCUT2D eigenvalue weighted by Crippen LogP contribution is 2.26. The summed E-state index contributed by atoms with van der Waals surface area (Å²) in [7, 11) is 1.62. The fraction of sp³-hybridized carbons (Fsp3) is 0.364. The van der Waals surface area contributed by atoms with Crippen molar-refractivity contribution in [2.24, 2.45) is 0 Å². The largest absolute Gasteiger partial charge is 0.490 e. The van der Waals surface area contributed by atoms with Crippen molar-refractivity contribution >= 4 is 5.91 Å². The number of carbonyl (C=O) groups is 1. The summed E-state index contributed by atoms with van der Waals surface area (Å²) in [4.78, 5) is 11.2. The molecule has 1 N–H and O–H groups in total. The normalized spacial score (nSPS) is 14.9. The molecule has 1 aromatic carbocycles. The summed E-state index contributed by atoms with van der Waals surface area (Å²) in [6.07, 6.45) is 2.70. The summed E-state index contributed by atoms with van der Waals surface area (Å²) < 4.78 is 5.56. The van der Waals surface area contributed by atoms with Gasteiger partial charge in [-0.3, -0.25) is 4.79 Å². The van der Waals surface area contributed by atoms with Crippen molar-refractivity contribution in [2.75, 3.05) is 7.05 Å². The summed E-state index contributed by atoms with van der Waals surface area (Å²) in [5, 5.41) is 2.57. The van der Waals surface area contributed by atoms with E-state index in [1.807, 2.05) is 12.1 Å². The van der Waals surface area contributed by atoms with Crippen LogP contribution < -0.4 is 10.1 Å². The van der Waals surface area contributed by atoms with Crippen molar-refractivity contribution < 1.29 is 9.53 Å². The highest BCUT2D eigenvalue weighted by atomic mass is 16.5. The van der Waals surface area contributed by atoms with Gasteiger partial charge >= 0.3 is 0 Å². The summed E-state index contributed by atoms with van der Waals surface area (Å²) >= 11 is 0. The molecule has 0 aromatic heterocycles. The summed E-state index contributed by atoms with van der Waals surface area (Å²) in [5.74, 6) is 0.781. The van der Waals surface area contributed by atoms with Gasteiger partial charge in [-0.15, -0.1) is 0 Å². The Morgan fingerprint density at radius 3 is 2.50 bits per heavy atom. The number of hydrogen-bond acceptors (Lipinski definition) is 2. The molecule has 1 amide bonds. The topological polar surface area (TPSA) is 38.3 Å². The molecule has 0 heterocycles. The maximum Gasteiger partial charge on any atom is 0.251 e. The van der Waals surface area contributed by atoms with Gasteiger partial charge in [0.2, 0.25) is 0 Å². The van der Waals surface area contributed by atoms with Gasteiger partial charge in [0.25, 0.3) is 5.91 Å². The zero-order valence-electron chi connectivity index (χ0n) is 8.12. The van der Waals surface area contributed by atoms with Crippen LogP contribution in [-0.2, 0) is 0 Å². The van der Waals surface area contributed by atoms with Gasteiger partial charge in [0.05, 0.1) is 6.10 Å². The molecule has 0 unspecified atom stereocenters. The van der Waals surface area contributed by atoms with Crippen LogP contribution >= 0.6 is 0 Å². The van der Waals surface area contributed by atoms with E-state index in [-0.39, 0.29) is 5.91 Å². The lowest BCUT2D eigenvalue weighted by Gasteiger charge is -2.04. The molecule has 1 aromatic rings. The molecule has 1 fully saturated rings. The van der Waals surface area contributed by atoms with Crippen LogP contribution in [0.5, 0.6) is 5.75 Å². The van der Waals surface area contributed by atoms with E-state index in [0.29, 0.717) is 11.7 Å². The maximum atomic E-state index is 11.2. The third-order valence-electron chi connectivity index (χ3n) is 2.17. The molecule has 14 heavy (non-hydrogen) atoms. The lowest BCUT2D eigenvalue weighted by atomic mass is 10.2. The van der Waals surface area contributed by atoms with E-state index in [9.17, 15) is 4.79 Å². The Morgan fingerprint density at radius 2 is 2.00 bits per heavy atom. The highest BCUT2D eigenvalue weighted by Gasteiger charge is 2.23. The molecule has 1 aliphatic rings. The van der Waals surface area contributed by atoms with Gasteiger partial charge in [-0.1, -0.05) is 0 Å². The third kappa shape index (κ3) is 2.05. The van der Waals surface area contributed by atoms with Crippen LogP contribution in [0.4, 0.5) is 0 Å². The molecule has 74 valence electrons. The van der Waals surface area contributed by atoms with Gasteiger partial charge in [-0.25, -0.2) is 0 Å². The van der Waals surface area contributed by atoms with Crippen molar-refractivity contribution in [3.05, 3.63) is 29.8 Å². The Balaban J connectivity index is 2.04. The Kier molecular flexibility index (Phi) is 2.39. The van der Waals surface area contributed by atoms with E-state index in [2.05, 4.69) is 5.32 Å². The second-order valence-electron chi connectivity index (χ2n) is 3.42. The van der Waals surface area contributed by atoms with Crippen LogP contribution in [0, 0.1) is 0 Å². The van der Waals surface area contributed by atoms with E-state index in [1.165, 1.54) is 0 Å². The van der Waals surface area contributed by atoms with Crippen LogP contribution in [0.25, 0.3) is 0 Å². The van der Waals surface area contributed by atoms with Gasteiger partial charge in [-0.05, 0) is 37.1 Å². The average Bonchev–Trinajstić information content (AvgIpc) is 3.02. The summed E-state index contributed by atoms with van der Waals surface area (Å²) in [5.41, 5.74) is 0.663. The fourth-order valence-electron chi connectivity index (χ4n) is 1.21. The lowest BCUT2D eigenvalue weighted by molar-refractivity contribution is 0.0963. The minimum absolute atomic E-state index is 0.0667. The van der Waals surface area contributed by atoms with Crippen LogP contribution in [-0.4, -0.2) is 19.1 Å². The zero-order valence-corrected chi connectivity index (χ0v) is 8.12. The Bertz CT molecular complexity index is 328. The van der Waals surface area contributed by atoms with E-state index >= 15 is 0 Å². The smallest absolute Gasteiger partial charge is 0.251 e. The van der Waals surface area contributed by atoms with Gasteiger partial charge in [0.1, 0.15) is 5.75 Å². The zero-order chi connectivity index (χ0) is 9.97. The second kappa shape index (κ2) is 3.70. The molecule has 0 bridgehead atoms. The van der Waals surface area contributed by atoms with Crippen molar-refractivity contribution in [3.8, 4) is 5.75 Å². The second-order valence-corrected chi connectivity index (χ2v) is 3.42. The number of nitrogens with one attached hydrogen (secondary N) is 1.